The van der Waals surface area contributed by atoms with E-state index in [0.29, 0.717) is 11.8 Å². The quantitative estimate of drug-likeness (QED) is 0.514. The lowest BCUT2D eigenvalue weighted by molar-refractivity contribution is 0.275. The van der Waals surface area contributed by atoms with Crippen molar-refractivity contribution >= 4 is 0 Å². The number of ether oxygens (including phenoxy) is 1. The molecule has 0 aromatic carbocycles. The summed E-state index contributed by atoms with van der Waals surface area (Å²) in [6.07, 6.45) is 28.8. The molecule has 0 bridgehead atoms. The average molecular weight is 335 g/mol. The summed E-state index contributed by atoms with van der Waals surface area (Å²) >= 11 is 0. The Morgan fingerprint density at radius 1 is 1.00 bits per heavy atom. The van der Waals surface area contributed by atoms with Crippen molar-refractivity contribution in [3.8, 4) is 0 Å². The van der Waals surface area contributed by atoms with Crippen molar-refractivity contribution in [1.82, 2.24) is 0 Å². The highest BCUT2D eigenvalue weighted by atomic mass is 16.5. The predicted octanol–water partition coefficient (Wildman–Crippen LogP) is 6.80. The van der Waals surface area contributed by atoms with Gasteiger partial charge in [0.05, 0.1) is 0 Å². The molecule has 0 heterocycles. The molecule has 1 heteroatoms. The maximum Gasteiger partial charge on any atom is 0.122 e. The Kier molecular flexibility index (Phi) is 5.63. The van der Waals surface area contributed by atoms with Crippen LogP contribution in [0.25, 0.3) is 0 Å². The minimum absolute atomic E-state index is 0.206. The molecular weight excluding hydrogens is 304 g/mol. The second-order valence-corrected chi connectivity index (χ2v) is 8.08. The first-order valence-corrected chi connectivity index (χ1v) is 9.51. The lowest BCUT2D eigenvalue weighted by Gasteiger charge is -2.27. The molecule has 0 aromatic heterocycles. The van der Waals surface area contributed by atoms with Crippen molar-refractivity contribution in [3.05, 3.63) is 83.9 Å². The number of allylic oxidation sites excluding steroid dienone is 12. The van der Waals surface area contributed by atoms with E-state index in [1.165, 1.54) is 5.57 Å². The molecule has 3 aliphatic rings. The first-order valence-electron chi connectivity index (χ1n) is 9.51. The molecule has 3 aliphatic carbocycles. The second kappa shape index (κ2) is 7.91. The number of hydrogen-bond acceptors (Lipinski definition) is 1. The standard InChI is InChI=1S/C24H30O/c1-24(2,3)21-16-14-20(15-17-21)23(18-19-10-6-4-7-11-19)25-22-12-8-5-9-13-22/h4,6-8,10,12-14,16-20H,5,9,11,15H2,1-3H3/b23-18+. The van der Waals surface area contributed by atoms with Crippen LogP contribution < -0.4 is 0 Å². The molecule has 2 atom stereocenters. The molecule has 0 saturated carbocycles. The summed E-state index contributed by atoms with van der Waals surface area (Å²) in [5.74, 6) is 2.83. The molecule has 0 aliphatic heterocycles. The predicted molar refractivity (Wildman–Crippen MR) is 107 cm³/mol. The van der Waals surface area contributed by atoms with Crippen molar-refractivity contribution in [2.75, 3.05) is 0 Å². The zero-order chi connectivity index (χ0) is 17.7. The van der Waals surface area contributed by atoms with Crippen molar-refractivity contribution in [1.29, 1.82) is 0 Å². The van der Waals surface area contributed by atoms with Crippen LogP contribution in [-0.2, 0) is 4.74 Å². The van der Waals surface area contributed by atoms with Crippen molar-refractivity contribution in [2.24, 2.45) is 17.3 Å². The first kappa shape index (κ1) is 17.8. The van der Waals surface area contributed by atoms with E-state index in [0.717, 1.165) is 37.2 Å². The highest BCUT2D eigenvalue weighted by Crippen LogP contribution is 2.35. The van der Waals surface area contributed by atoms with Gasteiger partial charge in [0.1, 0.15) is 11.5 Å². The van der Waals surface area contributed by atoms with Gasteiger partial charge in [0.15, 0.2) is 0 Å². The van der Waals surface area contributed by atoms with E-state index in [9.17, 15) is 0 Å². The van der Waals surface area contributed by atoms with Gasteiger partial charge in [0.2, 0.25) is 0 Å². The van der Waals surface area contributed by atoms with Gasteiger partial charge in [-0.25, -0.2) is 0 Å². The zero-order valence-electron chi connectivity index (χ0n) is 15.7. The van der Waals surface area contributed by atoms with E-state index in [4.69, 9.17) is 4.74 Å². The molecule has 3 rings (SSSR count). The smallest absolute Gasteiger partial charge is 0.122 e. The van der Waals surface area contributed by atoms with Gasteiger partial charge in [-0.3, -0.25) is 0 Å². The highest BCUT2D eigenvalue weighted by Gasteiger charge is 2.22. The molecule has 2 unspecified atom stereocenters. The molecule has 0 saturated heterocycles. The molecule has 132 valence electrons. The Bertz CT molecular complexity index is 686. The second-order valence-electron chi connectivity index (χ2n) is 8.08. The van der Waals surface area contributed by atoms with Crippen LogP contribution in [0.3, 0.4) is 0 Å². The molecule has 0 aromatic rings. The summed E-state index contributed by atoms with van der Waals surface area (Å²) in [5, 5.41) is 0. The van der Waals surface area contributed by atoms with Crippen LogP contribution in [-0.4, -0.2) is 0 Å². The molecule has 25 heavy (non-hydrogen) atoms. The molecule has 0 N–H and O–H groups in total. The Balaban J connectivity index is 1.78. The van der Waals surface area contributed by atoms with Gasteiger partial charge in [0.25, 0.3) is 0 Å². The summed E-state index contributed by atoms with van der Waals surface area (Å²) in [6, 6.07) is 0. The Hall–Kier alpha value is -2.02. The van der Waals surface area contributed by atoms with Crippen LogP contribution in [0.2, 0.25) is 0 Å². The Morgan fingerprint density at radius 2 is 1.88 bits per heavy atom. The molecule has 0 amide bonds. The summed E-state index contributed by atoms with van der Waals surface area (Å²) < 4.78 is 6.35. The van der Waals surface area contributed by atoms with Gasteiger partial charge in [-0.2, -0.15) is 0 Å². The van der Waals surface area contributed by atoms with Crippen LogP contribution in [0.1, 0.15) is 46.5 Å². The third kappa shape index (κ3) is 4.98. The van der Waals surface area contributed by atoms with Gasteiger partial charge in [0, 0.05) is 11.8 Å². The van der Waals surface area contributed by atoms with Gasteiger partial charge in [-0.1, -0.05) is 69.4 Å². The van der Waals surface area contributed by atoms with Crippen molar-refractivity contribution < 1.29 is 4.74 Å². The van der Waals surface area contributed by atoms with Crippen LogP contribution in [0.15, 0.2) is 83.9 Å². The topological polar surface area (TPSA) is 9.23 Å². The fourth-order valence-corrected chi connectivity index (χ4v) is 3.36. The lowest BCUT2D eigenvalue weighted by atomic mass is 9.81. The fourth-order valence-electron chi connectivity index (χ4n) is 3.36. The third-order valence-corrected chi connectivity index (χ3v) is 4.92. The zero-order valence-corrected chi connectivity index (χ0v) is 15.7. The maximum absolute atomic E-state index is 6.35. The van der Waals surface area contributed by atoms with E-state index in [1.807, 2.05) is 0 Å². The summed E-state index contributed by atoms with van der Waals surface area (Å²) in [5.41, 5.74) is 1.62. The van der Waals surface area contributed by atoms with Crippen molar-refractivity contribution in [2.45, 2.75) is 46.5 Å². The van der Waals surface area contributed by atoms with Gasteiger partial charge in [-0.15, -0.1) is 0 Å². The normalized spacial score (nSPS) is 26.4. The molecule has 0 spiro atoms. The van der Waals surface area contributed by atoms with E-state index in [2.05, 4.69) is 87.6 Å². The fraction of sp³-hybridized carbons (Fsp3) is 0.417. The molecule has 0 radical (unpaired) electrons. The van der Waals surface area contributed by atoms with Gasteiger partial charge >= 0.3 is 0 Å². The maximum atomic E-state index is 6.35. The lowest BCUT2D eigenvalue weighted by Crippen LogP contribution is -2.14. The minimum Gasteiger partial charge on any atom is -0.462 e. The van der Waals surface area contributed by atoms with E-state index in [1.54, 1.807) is 0 Å². The van der Waals surface area contributed by atoms with Crippen LogP contribution >= 0.6 is 0 Å². The largest absolute Gasteiger partial charge is 0.462 e. The first-order chi connectivity index (χ1) is 12.0. The van der Waals surface area contributed by atoms with Gasteiger partial charge in [-0.05, 0) is 54.9 Å². The van der Waals surface area contributed by atoms with E-state index < -0.39 is 0 Å². The monoisotopic (exact) mass is 334 g/mol. The third-order valence-electron chi connectivity index (χ3n) is 4.92. The summed E-state index contributed by atoms with van der Waals surface area (Å²) in [7, 11) is 0. The Morgan fingerprint density at radius 3 is 2.48 bits per heavy atom. The van der Waals surface area contributed by atoms with Crippen LogP contribution in [0.4, 0.5) is 0 Å². The highest BCUT2D eigenvalue weighted by molar-refractivity contribution is 5.32. The number of rotatable bonds is 4. The van der Waals surface area contributed by atoms with Crippen LogP contribution in [0, 0.1) is 17.3 Å². The molecule has 1 nitrogen and oxygen atoms in total. The molecule has 0 fully saturated rings. The van der Waals surface area contributed by atoms with E-state index in [-0.39, 0.29) is 5.41 Å². The average Bonchev–Trinajstić information content (AvgIpc) is 2.62. The Labute approximate surface area is 152 Å². The SMILES string of the molecule is CC(C)(C)C1=CCC(/C(=C\C2C=CC=CC2)OC2=CCCC=C2)C=C1. The number of hydrogen-bond donors (Lipinski definition) is 0. The van der Waals surface area contributed by atoms with Crippen LogP contribution in [0.5, 0.6) is 0 Å². The van der Waals surface area contributed by atoms with E-state index >= 15 is 0 Å². The summed E-state index contributed by atoms with van der Waals surface area (Å²) in [4.78, 5) is 0. The summed E-state index contributed by atoms with van der Waals surface area (Å²) in [6.45, 7) is 6.81. The van der Waals surface area contributed by atoms with Gasteiger partial charge < -0.3 is 4.74 Å². The van der Waals surface area contributed by atoms with Crippen molar-refractivity contribution in [3.63, 3.8) is 0 Å². The minimum atomic E-state index is 0.206. The molecular formula is C24H30O.